The van der Waals surface area contributed by atoms with Gasteiger partial charge in [0.1, 0.15) is 24.2 Å². The fourth-order valence-electron chi connectivity index (χ4n) is 3.14. The Labute approximate surface area is 209 Å². The summed E-state index contributed by atoms with van der Waals surface area (Å²) in [5.41, 5.74) is -1.86. The van der Waals surface area contributed by atoms with E-state index in [4.69, 9.17) is 9.47 Å². The van der Waals surface area contributed by atoms with Gasteiger partial charge in [-0.15, -0.1) is 0 Å². The Kier molecular flexibility index (Phi) is 10.9. The summed E-state index contributed by atoms with van der Waals surface area (Å²) in [7, 11) is 1.20. The number of esters is 1. The molecule has 0 saturated heterocycles. The Hall–Kier alpha value is -3.64. The highest BCUT2D eigenvalue weighted by Crippen LogP contribution is 2.08. The van der Waals surface area contributed by atoms with Gasteiger partial charge in [0.15, 0.2) is 0 Å². The van der Waals surface area contributed by atoms with E-state index >= 15 is 0 Å². The third kappa shape index (κ3) is 9.19. The largest absolute Gasteiger partial charge is 0.467 e. The Morgan fingerprint density at radius 2 is 1.75 bits per heavy atom. The van der Waals surface area contributed by atoms with Gasteiger partial charge in [0.25, 0.3) is 5.56 Å². The van der Waals surface area contributed by atoms with Gasteiger partial charge < -0.3 is 25.0 Å². The molecule has 1 aromatic rings. The molecule has 202 valence electrons. The van der Waals surface area contributed by atoms with Crippen molar-refractivity contribution in [1.82, 2.24) is 25.1 Å². The molecule has 0 spiro atoms. The lowest BCUT2D eigenvalue weighted by Crippen LogP contribution is -2.55. The number of alkyl carbamates (subject to hydrolysis) is 1. The molecule has 2 atom stereocenters. The highest BCUT2D eigenvalue weighted by Gasteiger charge is 2.31. The van der Waals surface area contributed by atoms with E-state index in [1.807, 2.05) is 0 Å². The molecule has 0 radical (unpaired) electrons. The van der Waals surface area contributed by atoms with Gasteiger partial charge in [0.2, 0.25) is 11.8 Å². The van der Waals surface area contributed by atoms with Crippen molar-refractivity contribution in [2.75, 3.05) is 20.2 Å². The maximum Gasteiger partial charge on any atom is 0.407 e. The van der Waals surface area contributed by atoms with Crippen molar-refractivity contribution in [3.8, 4) is 0 Å². The Morgan fingerprint density at radius 1 is 1.14 bits per heavy atom. The summed E-state index contributed by atoms with van der Waals surface area (Å²) >= 11 is 0. The molecule has 1 aromatic heterocycles. The number of aryl methyl sites for hydroxylation is 1. The minimum absolute atomic E-state index is 0.0531. The molecular weight excluding hydrogens is 474 g/mol. The van der Waals surface area contributed by atoms with Gasteiger partial charge in [-0.1, -0.05) is 13.8 Å². The summed E-state index contributed by atoms with van der Waals surface area (Å²) in [5, 5.41) is 5.11. The molecule has 0 aliphatic carbocycles. The van der Waals surface area contributed by atoms with Gasteiger partial charge in [0.05, 0.1) is 7.11 Å². The first kappa shape index (κ1) is 30.4. The molecule has 3 amide bonds. The first-order valence-electron chi connectivity index (χ1n) is 11.5. The summed E-state index contributed by atoms with van der Waals surface area (Å²) in [4.78, 5) is 77.3. The van der Waals surface area contributed by atoms with Crippen LogP contribution in [0.2, 0.25) is 0 Å². The molecule has 1 rings (SSSR count). The van der Waals surface area contributed by atoms with Crippen LogP contribution >= 0.6 is 0 Å². The third-order valence-corrected chi connectivity index (χ3v) is 5.10. The number of carbonyl (C=O) groups is 4. The molecule has 0 bridgehead atoms. The lowest BCUT2D eigenvalue weighted by Gasteiger charge is -2.30. The van der Waals surface area contributed by atoms with Crippen LogP contribution in [0.25, 0.3) is 0 Å². The fourth-order valence-corrected chi connectivity index (χ4v) is 3.14. The average molecular weight is 512 g/mol. The van der Waals surface area contributed by atoms with Gasteiger partial charge in [-0.25, -0.2) is 14.4 Å². The van der Waals surface area contributed by atoms with Gasteiger partial charge in [-0.3, -0.25) is 23.9 Å². The number of rotatable bonds is 10. The third-order valence-electron chi connectivity index (χ3n) is 5.10. The second-order valence-corrected chi connectivity index (χ2v) is 9.64. The van der Waals surface area contributed by atoms with E-state index in [-0.39, 0.29) is 24.6 Å². The molecule has 0 saturated carbocycles. The van der Waals surface area contributed by atoms with E-state index in [9.17, 15) is 28.8 Å². The quantitative estimate of drug-likeness (QED) is 0.366. The van der Waals surface area contributed by atoms with Crippen molar-refractivity contribution in [2.45, 2.75) is 72.7 Å². The highest BCUT2D eigenvalue weighted by atomic mass is 16.6. The number of nitrogens with zero attached hydrogens (tertiary/aromatic N) is 2. The van der Waals surface area contributed by atoms with Crippen molar-refractivity contribution < 1.29 is 28.7 Å². The van der Waals surface area contributed by atoms with Crippen molar-refractivity contribution in [1.29, 1.82) is 0 Å². The van der Waals surface area contributed by atoms with Crippen LogP contribution in [-0.2, 0) is 30.4 Å². The SMILES string of the molecule is COC(=O)[C@@H](NC(=O)[C@@H](C)N(CCNC(=O)OC(C)(C)C)C(=O)Cn1cc(C)c(=O)[nH]c1=O)C(C)C. The summed E-state index contributed by atoms with van der Waals surface area (Å²) in [6.45, 7) is 10.9. The number of H-pyrrole nitrogens is 1. The summed E-state index contributed by atoms with van der Waals surface area (Å²) in [6.07, 6.45) is 0.539. The van der Waals surface area contributed by atoms with E-state index in [1.54, 1.807) is 34.6 Å². The molecule has 13 nitrogen and oxygen atoms in total. The normalized spacial score (nSPS) is 12.9. The van der Waals surface area contributed by atoms with E-state index in [1.165, 1.54) is 27.2 Å². The Morgan fingerprint density at radius 3 is 2.28 bits per heavy atom. The predicted molar refractivity (Wildman–Crippen MR) is 130 cm³/mol. The molecule has 36 heavy (non-hydrogen) atoms. The molecule has 1 heterocycles. The maximum atomic E-state index is 13.2. The minimum atomic E-state index is -1.08. The van der Waals surface area contributed by atoms with Gasteiger partial charge in [-0.2, -0.15) is 0 Å². The minimum Gasteiger partial charge on any atom is -0.467 e. The molecule has 0 unspecified atom stereocenters. The number of methoxy groups -OCH3 is 1. The number of amides is 3. The second-order valence-electron chi connectivity index (χ2n) is 9.64. The second kappa shape index (κ2) is 12.9. The van der Waals surface area contributed by atoms with Crippen LogP contribution in [0.15, 0.2) is 15.8 Å². The molecule has 0 fully saturated rings. The molecule has 3 N–H and O–H groups in total. The van der Waals surface area contributed by atoms with E-state index in [0.29, 0.717) is 0 Å². The van der Waals surface area contributed by atoms with Crippen LogP contribution in [0.5, 0.6) is 0 Å². The number of ether oxygens (including phenoxy) is 2. The lowest BCUT2D eigenvalue weighted by molar-refractivity contribution is -0.148. The smallest absolute Gasteiger partial charge is 0.407 e. The molecule has 0 aliphatic rings. The molecule has 0 aliphatic heterocycles. The van der Waals surface area contributed by atoms with Crippen molar-refractivity contribution in [3.63, 3.8) is 0 Å². The first-order valence-corrected chi connectivity index (χ1v) is 11.5. The predicted octanol–water partition coefficient (Wildman–Crippen LogP) is -0.0994. The number of carbonyl (C=O) groups excluding carboxylic acids is 4. The van der Waals surface area contributed by atoms with Crippen LogP contribution in [-0.4, -0.2) is 76.2 Å². The zero-order valence-corrected chi connectivity index (χ0v) is 22.1. The summed E-state index contributed by atoms with van der Waals surface area (Å²) in [5.74, 6) is -2.18. The molecular formula is C23H37N5O8. The monoisotopic (exact) mass is 511 g/mol. The van der Waals surface area contributed by atoms with E-state index < -0.39 is 59.4 Å². The molecule has 13 heteroatoms. The Bertz CT molecular complexity index is 1070. The number of hydrogen-bond acceptors (Lipinski definition) is 8. The first-order chi connectivity index (χ1) is 16.6. The molecule has 0 aromatic carbocycles. The lowest BCUT2D eigenvalue weighted by atomic mass is 10.0. The number of aromatic nitrogens is 2. The number of aromatic amines is 1. The van der Waals surface area contributed by atoms with Crippen LogP contribution in [0.1, 0.15) is 47.1 Å². The van der Waals surface area contributed by atoms with Gasteiger partial charge in [-0.05, 0) is 40.5 Å². The average Bonchev–Trinajstić information content (AvgIpc) is 2.76. The zero-order valence-electron chi connectivity index (χ0n) is 22.1. The number of nitrogens with one attached hydrogen (secondary N) is 3. The van der Waals surface area contributed by atoms with Crippen LogP contribution in [0.3, 0.4) is 0 Å². The standard InChI is InChI=1S/C23H37N5O8/c1-13(2)17(20(32)35-8)25-19(31)15(4)28(10-9-24-22(34)36-23(5,6)7)16(29)12-27-11-14(3)18(30)26-21(27)33/h11,13,15,17H,9-10,12H2,1-8H3,(H,24,34)(H,25,31)(H,26,30,33)/t15-,17+/m1/s1. The van der Waals surface area contributed by atoms with E-state index in [0.717, 1.165) is 9.47 Å². The topological polar surface area (TPSA) is 169 Å². The van der Waals surface area contributed by atoms with Crippen molar-refractivity contribution in [3.05, 3.63) is 32.6 Å². The van der Waals surface area contributed by atoms with Crippen LogP contribution in [0, 0.1) is 12.8 Å². The zero-order chi connectivity index (χ0) is 27.8. The highest BCUT2D eigenvalue weighted by molar-refractivity contribution is 5.90. The fraction of sp³-hybridized carbons (Fsp3) is 0.652. The van der Waals surface area contributed by atoms with Crippen LogP contribution in [0.4, 0.5) is 4.79 Å². The van der Waals surface area contributed by atoms with Crippen molar-refractivity contribution in [2.24, 2.45) is 5.92 Å². The van der Waals surface area contributed by atoms with E-state index in [2.05, 4.69) is 15.6 Å². The van der Waals surface area contributed by atoms with Gasteiger partial charge in [0, 0.05) is 24.8 Å². The summed E-state index contributed by atoms with van der Waals surface area (Å²) in [6, 6.07) is -2.02. The maximum absolute atomic E-state index is 13.2. The Balaban J connectivity index is 3.13. The van der Waals surface area contributed by atoms with Crippen molar-refractivity contribution >= 4 is 23.9 Å². The summed E-state index contributed by atoms with van der Waals surface area (Å²) < 4.78 is 10.9. The van der Waals surface area contributed by atoms with Gasteiger partial charge >= 0.3 is 17.8 Å². The number of hydrogen-bond donors (Lipinski definition) is 3. The van der Waals surface area contributed by atoms with Crippen LogP contribution < -0.4 is 21.9 Å².